The number of hydrogen-bond donors (Lipinski definition) is 3. The molecule has 11 heteroatoms. The van der Waals surface area contributed by atoms with Gasteiger partial charge in [-0.15, -0.1) is 0 Å². The predicted octanol–water partition coefficient (Wildman–Crippen LogP) is 3.54. The maximum atomic E-state index is 12.5. The molecule has 2 aromatic rings. The number of carbonyl (C=O) groups excluding carboxylic acids is 2. The molecule has 3 rings (SSSR count). The molecule has 2 atom stereocenters. The lowest BCUT2D eigenvalue weighted by Gasteiger charge is -2.28. The van der Waals surface area contributed by atoms with Gasteiger partial charge in [0.05, 0.1) is 23.9 Å². The van der Waals surface area contributed by atoms with Gasteiger partial charge in [-0.05, 0) is 43.2 Å². The minimum Gasteiger partial charge on any atom is -0.480 e. The van der Waals surface area contributed by atoms with E-state index in [1.807, 2.05) is 0 Å². The molecule has 0 aliphatic carbocycles. The fourth-order valence-corrected chi connectivity index (χ4v) is 3.47. The molecule has 178 valence electrons. The summed E-state index contributed by atoms with van der Waals surface area (Å²) < 4.78 is 43.2. The zero-order chi connectivity index (χ0) is 24.0. The summed E-state index contributed by atoms with van der Waals surface area (Å²) in [4.78, 5) is 27.9. The number of rotatable bonds is 8. The van der Waals surface area contributed by atoms with Gasteiger partial charge in [0.2, 0.25) is 5.91 Å². The van der Waals surface area contributed by atoms with Crippen LogP contribution in [0, 0.1) is 0 Å². The van der Waals surface area contributed by atoms with E-state index in [2.05, 4.69) is 15.6 Å². The van der Waals surface area contributed by atoms with Crippen molar-refractivity contribution in [1.29, 1.82) is 0 Å². The van der Waals surface area contributed by atoms with Crippen LogP contribution in [-0.4, -0.2) is 34.6 Å². The van der Waals surface area contributed by atoms with Crippen molar-refractivity contribution in [2.75, 3.05) is 6.54 Å². The van der Waals surface area contributed by atoms with Crippen molar-refractivity contribution in [2.24, 2.45) is 0 Å². The third-order valence-electron chi connectivity index (χ3n) is 5.08. The van der Waals surface area contributed by atoms with Gasteiger partial charge in [-0.1, -0.05) is 11.6 Å². The molecule has 0 bridgehead atoms. The Hall–Kier alpha value is -2.85. The van der Waals surface area contributed by atoms with Crippen LogP contribution in [0.2, 0.25) is 5.02 Å². The van der Waals surface area contributed by atoms with E-state index < -0.39 is 23.9 Å². The highest BCUT2D eigenvalue weighted by Gasteiger charge is 2.32. The van der Waals surface area contributed by atoms with Gasteiger partial charge in [-0.3, -0.25) is 14.6 Å². The van der Waals surface area contributed by atoms with Crippen LogP contribution in [-0.2, 0) is 22.3 Å². The first-order valence-corrected chi connectivity index (χ1v) is 10.7. The van der Waals surface area contributed by atoms with Crippen molar-refractivity contribution in [1.82, 2.24) is 15.6 Å². The minimum absolute atomic E-state index is 0.0295. The molecule has 2 amide bonds. The highest BCUT2D eigenvalue weighted by atomic mass is 35.5. The van der Waals surface area contributed by atoms with Crippen molar-refractivity contribution >= 4 is 23.4 Å². The number of unbranched alkanes of at least 4 members (excludes halogenated alkanes) is 1. The van der Waals surface area contributed by atoms with Crippen molar-refractivity contribution in [3.63, 3.8) is 0 Å². The summed E-state index contributed by atoms with van der Waals surface area (Å²) >= 11 is 5.92. The van der Waals surface area contributed by atoms with Gasteiger partial charge < -0.3 is 20.5 Å². The summed E-state index contributed by atoms with van der Waals surface area (Å²) in [7, 11) is 0. The maximum Gasteiger partial charge on any atom is 0.417 e. The van der Waals surface area contributed by atoms with E-state index in [1.165, 1.54) is 6.07 Å². The van der Waals surface area contributed by atoms with Crippen LogP contribution < -0.4 is 15.4 Å². The van der Waals surface area contributed by atoms with Crippen LogP contribution in [0.25, 0.3) is 0 Å². The Bertz CT molecular complexity index is 986. The van der Waals surface area contributed by atoms with E-state index in [1.54, 1.807) is 18.2 Å². The molecule has 1 aromatic carbocycles. The lowest BCUT2D eigenvalue weighted by molar-refractivity contribution is -0.138. The number of hydrogen-bond acceptors (Lipinski definition) is 5. The van der Waals surface area contributed by atoms with Crippen LogP contribution in [0.1, 0.15) is 48.6 Å². The van der Waals surface area contributed by atoms with E-state index in [-0.39, 0.29) is 31.2 Å². The first kappa shape index (κ1) is 24.8. The monoisotopic (exact) mass is 485 g/mol. The number of nitrogens with one attached hydrogen (secondary N) is 2. The molecule has 0 fully saturated rings. The van der Waals surface area contributed by atoms with Crippen LogP contribution in [0.4, 0.5) is 13.2 Å². The summed E-state index contributed by atoms with van der Waals surface area (Å²) in [6, 6.07) is 6.97. The number of carbonyl (C=O) groups is 2. The summed E-state index contributed by atoms with van der Waals surface area (Å²) in [6.07, 6.45) is -4.05. The number of benzene rings is 1. The van der Waals surface area contributed by atoms with E-state index in [0.717, 1.165) is 12.3 Å². The smallest absolute Gasteiger partial charge is 0.417 e. The van der Waals surface area contributed by atoms with Gasteiger partial charge in [-0.2, -0.15) is 13.2 Å². The Morgan fingerprint density at radius 3 is 2.67 bits per heavy atom. The molecule has 33 heavy (non-hydrogen) atoms. The molecular weight excluding hydrogens is 463 g/mol. The van der Waals surface area contributed by atoms with Crippen molar-refractivity contribution in [2.45, 2.75) is 50.6 Å². The first-order chi connectivity index (χ1) is 15.6. The molecular formula is C22H23ClF3N3O4. The third kappa shape index (κ3) is 7.06. The second-order valence-corrected chi connectivity index (χ2v) is 8.04. The van der Waals surface area contributed by atoms with Gasteiger partial charge in [0, 0.05) is 36.2 Å². The standard InChI is InChI=1S/C22H23ClF3N3O4/c23-14-5-7-18-16(9-14)17(30)10-19(33-18)21(32)27-8-2-1-3-20(31)29-12-15-6-4-13(11-28-15)22(24,25)26/h4-7,9,11,17,19,30H,1-3,8,10,12H2,(H,27,32)(H,29,31)/t17-,19+/m1/s1. The van der Waals surface area contributed by atoms with E-state index in [4.69, 9.17) is 16.3 Å². The SMILES string of the molecule is O=C(CCCCNC(=O)[C@@H]1C[C@@H](O)c2cc(Cl)ccc2O1)NCc1ccc(C(F)(F)F)cn1. The van der Waals surface area contributed by atoms with E-state index in [9.17, 15) is 27.9 Å². The number of amides is 2. The Kier molecular flexibility index (Phi) is 8.15. The maximum absolute atomic E-state index is 12.5. The number of pyridine rings is 1. The number of fused-ring (bicyclic) bond motifs is 1. The van der Waals surface area contributed by atoms with Crippen LogP contribution in [0.3, 0.4) is 0 Å². The number of aliphatic hydroxyl groups is 1. The number of nitrogens with zero attached hydrogens (tertiary/aromatic N) is 1. The van der Waals surface area contributed by atoms with Gasteiger partial charge in [0.25, 0.3) is 5.91 Å². The Labute approximate surface area is 193 Å². The zero-order valence-corrected chi connectivity index (χ0v) is 18.2. The zero-order valence-electron chi connectivity index (χ0n) is 17.5. The van der Waals surface area contributed by atoms with Crippen molar-refractivity contribution in [3.05, 3.63) is 58.4 Å². The highest BCUT2D eigenvalue weighted by Crippen LogP contribution is 2.36. The molecule has 0 saturated heterocycles. The molecule has 1 aromatic heterocycles. The minimum atomic E-state index is -4.45. The molecule has 0 saturated carbocycles. The van der Waals surface area contributed by atoms with Gasteiger partial charge in [0.1, 0.15) is 5.75 Å². The van der Waals surface area contributed by atoms with E-state index in [0.29, 0.717) is 41.4 Å². The Balaban J connectivity index is 1.32. The lowest BCUT2D eigenvalue weighted by Crippen LogP contribution is -2.41. The number of alkyl halides is 3. The van der Waals surface area contributed by atoms with Crippen molar-refractivity contribution in [3.8, 4) is 5.75 Å². The van der Waals surface area contributed by atoms with Crippen molar-refractivity contribution < 1.29 is 32.6 Å². The number of aliphatic hydroxyl groups excluding tert-OH is 1. The molecule has 0 radical (unpaired) electrons. The quantitative estimate of drug-likeness (QED) is 0.497. The summed E-state index contributed by atoms with van der Waals surface area (Å²) in [6.45, 7) is 0.359. The molecule has 1 aliphatic rings. The average Bonchev–Trinajstić information content (AvgIpc) is 2.77. The second-order valence-electron chi connectivity index (χ2n) is 7.60. The van der Waals surface area contributed by atoms with E-state index >= 15 is 0 Å². The number of aromatic nitrogens is 1. The molecule has 0 spiro atoms. The van der Waals surface area contributed by atoms with Crippen LogP contribution in [0.5, 0.6) is 5.75 Å². The summed E-state index contributed by atoms with van der Waals surface area (Å²) in [5, 5.41) is 16.0. The van der Waals surface area contributed by atoms with Crippen LogP contribution >= 0.6 is 11.6 Å². The fourth-order valence-electron chi connectivity index (χ4n) is 3.29. The predicted molar refractivity (Wildman–Crippen MR) is 113 cm³/mol. The fraction of sp³-hybridized carbons (Fsp3) is 0.409. The summed E-state index contributed by atoms with van der Waals surface area (Å²) in [5.41, 5.74) is 0.0209. The molecule has 1 aliphatic heterocycles. The number of ether oxygens (including phenoxy) is 1. The third-order valence-corrected chi connectivity index (χ3v) is 5.31. The molecule has 0 unspecified atom stereocenters. The Morgan fingerprint density at radius 1 is 1.18 bits per heavy atom. The molecule has 3 N–H and O–H groups in total. The Morgan fingerprint density at radius 2 is 1.97 bits per heavy atom. The van der Waals surface area contributed by atoms with Gasteiger partial charge in [0.15, 0.2) is 6.10 Å². The molecule has 2 heterocycles. The van der Waals surface area contributed by atoms with Gasteiger partial charge in [-0.25, -0.2) is 0 Å². The largest absolute Gasteiger partial charge is 0.480 e. The topological polar surface area (TPSA) is 101 Å². The summed E-state index contributed by atoms with van der Waals surface area (Å²) in [5.74, 6) is -0.206. The lowest BCUT2D eigenvalue weighted by atomic mass is 9.98. The normalized spacial score (nSPS) is 17.6. The average molecular weight is 486 g/mol. The highest BCUT2D eigenvalue weighted by molar-refractivity contribution is 6.30. The molecule has 7 nitrogen and oxygen atoms in total. The number of halogens is 4. The van der Waals surface area contributed by atoms with Gasteiger partial charge >= 0.3 is 6.18 Å². The second kappa shape index (κ2) is 10.8. The first-order valence-electron chi connectivity index (χ1n) is 10.3. The van der Waals surface area contributed by atoms with Crippen LogP contribution in [0.15, 0.2) is 36.5 Å².